The van der Waals surface area contributed by atoms with Crippen molar-refractivity contribution >= 4 is 22.7 Å². The van der Waals surface area contributed by atoms with Crippen LogP contribution in [0.4, 0.5) is 0 Å². The first-order chi connectivity index (χ1) is 13.2. The van der Waals surface area contributed by atoms with Gasteiger partial charge in [-0.1, -0.05) is 36.9 Å². The van der Waals surface area contributed by atoms with Crippen molar-refractivity contribution in [3.63, 3.8) is 0 Å². The number of benzene rings is 2. The summed E-state index contributed by atoms with van der Waals surface area (Å²) in [5.74, 6) is -0.0373. The minimum atomic E-state index is -0.0784. The molecule has 0 unspecified atom stereocenters. The van der Waals surface area contributed by atoms with E-state index >= 15 is 0 Å². The summed E-state index contributed by atoms with van der Waals surface area (Å²) in [4.78, 5) is 28.2. The van der Waals surface area contributed by atoms with Crippen molar-refractivity contribution in [1.82, 2.24) is 20.0 Å². The quantitative estimate of drug-likeness (QED) is 0.732. The van der Waals surface area contributed by atoms with Gasteiger partial charge in [-0.2, -0.15) is 5.10 Å². The second-order valence-electron chi connectivity index (χ2n) is 7.05. The zero-order valence-corrected chi connectivity index (χ0v) is 14.7. The van der Waals surface area contributed by atoms with Crippen LogP contribution in [-0.2, 0) is 11.3 Å². The molecular formula is C21H18N4O2. The van der Waals surface area contributed by atoms with Crippen LogP contribution in [0.25, 0.3) is 22.0 Å². The standard InChI is InChI=1S/C21H18N4O2/c1-2-19(26)24-11-16(12-24)25-10-15-7-6-13(8-18(15)21(25)27)17-5-3-4-14-9-22-23-20(14)17/h2-9,16H,1,10-12H2,(H,22,23). The van der Waals surface area contributed by atoms with Crippen LogP contribution >= 0.6 is 0 Å². The van der Waals surface area contributed by atoms with E-state index in [-0.39, 0.29) is 17.9 Å². The van der Waals surface area contributed by atoms with E-state index in [2.05, 4.69) is 22.8 Å². The van der Waals surface area contributed by atoms with E-state index in [1.165, 1.54) is 6.08 Å². The molecule has 6 heteroatoms. The van der Waals surface area contributed by atoms with Crippen LogP contribution in [0.1, 0.15) is 15.9 Å². The second-order valence-corrected chi connectivity index (χ2v) is 7.05. The molecule has 0 aliphatic carbocycles. The molecule has 2 aliphatic heterocycles. The fraction of sp³-hybridized carbons (Fsp3) is 0.190. The lowest BCUT2D eigenvalue weighted by molar-refractivity contribution is -0.132. The van der Waals surface area contributed by atoms with Gasteiger partial charge in [0.2, 0.25) is 5.91 Å². The SMILES string of the molecule is C=CC(=O)N1CC(N2Cc3ccc(-c4cccc5cn[nH]c45)cc3C2=O)C1. The van der Waals surface area contributed by atoms with Gasteiger partial charge in [0.15, 0.2) is 0 Å². The average molecular weight is 358 g/mol. The van der Waals surface area contributed by atoms with Crippen molar-refractivity contribution in [2.24, 2.45) is 0 Å². The molecule has 6 nitrogen and oxygen atoms in total. The summed E-state index contributed by atoms with van der Waals surface area (Å²) in [6.45, 7) is 5.26. The molecule has 1 N–H and O–H groups in total. The molecule has 0 saturated carbocycles. The molecule has 3 aromatic rings. The maximum Gasteiger partial charge on any atom is 0.254 e. The Kier molecular flexibility index (Phi) is 3.40. The Hall–Kier alpha value is -3.41. The molecule has 0 atom stereocenters. The molecule has 3 heterocycles. The number of amides is 2. The summed E-state index contributed by atoms with van der Waals surface area (Å²) in [5, 5.41) is 8.20. The van der Waals surface area contributed by atoms with Gasteiger partial charge in [0.1, 0.15) is 0 Å². The van der Waals surface area contributed by atoms with Crippen molar-refractivity contribution in [3.05, 3.63) is 66.4 Å². The zero-order chi connectivity index (χ0) is 18.5. The van der Waals surface area contributed by atoms with E-state index < -0.39 is 0 Å². The molecule has 2 aromatic carbocycles. The Morgan fingerprint density at radius 1 is 1.22 bits per heavy atom. The molecule has 0 bridgehead atoms. The van der Waals surface area contributed by atoms with Crippen LogP contribution in [0.2, 0.25) is 0 Å². The topological polar surface area (TPSA) is 69.3 Å². The number of aromatic nitrogens is 2. The second kappa shape index (κ2) is 5.81. The number of hydrogen-bond donors (Lipinski definition) is 1. The number of carbonyl (C=O) groups excluding carboxylic acids is 2. The van der Waals surface area contributed by atoms with Gasteiger partial charge in [-0.15, -0.1) is 0 Å². The van der Waals surface area contributed by atoms with Crippen LogP contribution in [0.15, 0.2) is 55.3 Å². The van der Waals surface area contributed by atoms with E-state index in [1.54, 1.807) is 11.1 Å². The Balaban J connectivity index is 1.43. The average Bonchev–Trinajstić information content (AvgIpc) is 3.25. The zero-order valence-electron chi connectivity index (χ0n) is 14.7. The van der Waals surface area contributed by atoms with Gasteiger partial charge in [-0.05, 0) is 23.3 Å². The maximum atomic E-state index is 13.0. The highest BCUT2D eigenvalue weighted by Gasteiger charge is 2.40. The monoisotopic (exact) mass is 358 g/mol. The first-order valence-corrected chi connectivity index (χ1v) is 8.93. The number of para-hydroxylation sites is 1. The fourth-order valence-corrected chi connectivity index (χ4v) is 3.96. The molecule has 0 spiro atoms. The van der Waals surface area contributed by atoms with Crippen LogP contribution in [-0.4, -0.2) is 50.9 Å². The van der Waals surface area contributed by atoms with E-state index in [0.717, 1.165) is 33.2 Å². The highest BCUT2D eigenvalue weighted by molar-refractivity contribution is 6.01. The number of fused-ring (bicyclic) bond motifs is 2. The number of nitrogens with zero attached hydrogens (tertiary/aromatic N) is 3. The Bertz CT molecular complexity index is 1090. The van der Waals surface area contributed by atoms with Gasteiger partial charge in [0.25, 0.3) is 5.91 Å². The van der Waals surface area contributed by atoms with Crippen molar-refractivity contribution in [2.45, 2.75) is 12.6 Å². The van der Waals surface area contributed by atoms with Crippen LogP contribution in [0.3, 0.4) is 0 Å². The lowest BCUT2D eigenvalue weighted by atomic mass is 9.99. The first kappa shape index (κ1) is 15.8. The summed E-state index contributed by atoms with van der Waals surface area (Å²) >= 11 is 0. The summed E-state index contributed by atoms with van der Waals surface area (Å²) in [5.41, 5.74) is 4.78. The van der Waals surface area contributed by atoms with Gasteiger partial charge >= 0.3 is 0 Å². The third-order valence-corrected chi connectivity index (χ3v) is 5.52. The Morgan fingerprint density at radius 3 is 2.89 bits per heavy atom. The Morgan fingerprint density at radius 2 is 2.07 bits per heavy atom. The van der Waals surface area contributed by atoms with Gasteiger partial charge in [0, 0.05) is 36.1 Å². The van der Waals surface area contributed by atoms with Crippen LogP contribution in [0, 0.1) is 0 Å². The molecule has 1 aromatic heterocycles. The predicted octanol–water partition coefficient (Wildman–Crippen LogP) is 2.58. The minimum absolute atomic E-state index is 0.0411. The number of likely N-dealkylation sites (tertiary alicyclic amines) is 1. The van der Waals surface area contributed by atoms with Gasteiger partial charge in [-0.3, -0.25) is 14.7 Å². The summed E-state index contributed by atoms with van der Waals surface area (Å²) in [7, 11) is 0. The minimum Gasteiger partial charge on any atom is -0.335 e. The molecule has 1 fully saturated rings. The summed E-state index contributed by atoms with van der Waals surface area (Å²) < 4.78 is 0. The van der Waals surface area contributed by atoms with E-state index in [0.29, 0.717) is 19.6 Å². The smallest absolute Gasteiger partial charge is 0.254 e. The molecule has 2 aliphatic rings. The molecule has 2 amide bonds. The predicted molar refractivity (Wildman–Crippen MR) is 102 cm³/mol. The normalized spacial score (nSPS) is 16.5. The lowest BCUT2D eigenvalue weighted by Crippen LogP contribution is -2.60. The number of carbonyl (C=O) groups is 2. The van der Waals surface area contributed by atoms with Gasteiger partial charge in [0.05, 0.1) is 17.8 Å². The largest absolute Gasteiger partial charge is 0.335 e. The van der Waals surface area contributed by atoms with Crippen molar-refractivity contribution in [3.8, 4) is 11.1 Å². The number of aromatic amines is 1. The van der Waals surface area contributed by atoms with E-state index in [1.807, 2.05) is 35.2 Å². The fourth-order valence-electron chi connectivity index (χ4n) is 3.96. The molecule has 1 saturated heterocycles. The summed E-state index contributed by atoms with van der Waals surface area (Å²) in [6, 6.07) is 12.2. The number of rotatable bonds is 3. The van der Waals surface area contributed by atoms with E-state index in [9.17, 15) is 9.59 Å². The number of H-pyrrole nitrogens is 1. The molecule has 5 rings (SSSR count). The summed E-state index contributed by atoms with van der Waals surface area (Å²) in [6.07, 6.45) is 3.12. The van der Waals surface area contributed by atoms with Crippen LogP contribution < -0.4 is 0 Å². The highest BCUT2D eigenvalue weighted by atomic mass is 16.2. The van der Waals surface area contributed by atoms with Crippen LogP contribution in [0.5, 0.6) is 0 Å². The molecule has 134 valence electrons. The van der Waals surface area contributed by atoms with Crippen molar-refractivity contribution < 1.29 is 9.59 Å². The first-order valence-electron chi connectivity index (χ1n) is 8.93. The highest BCUT2D eigenvalue weighted by Crippen LogP contribution is 2.33. The van der Waals surface area contributed by atoms with Gasteiger partial charge in [-0.25, -0.2) is 0 Å². The molecule has 27 heavy (non-hydrogen) atoms. The maximum absolute atomic E-state index is 13.0. The number of hydrogen-bond acceptors (Lipinski definition) is 3. The molecular weight excluding hydrogens is 340 g/mol. The van der Waals surface area contributed by atoms with E-state index in [4.69, 9.17) is 0 Å². The Labute approximate surface area is 156 Å². The third kappa shape index (κ3) is 2.37. The van der Waals surface area contributed by atoms with Gasteiger partial charge < -0.3 is 9.80 Å². The lowest BCUT2D eigenvalue weighted by Gasteiger charge is -2.43. The third-order valence-electron chi connectivity index (χ3n) is 5.52. The van der Waals surface area contributed by atoms with Crippen molar-refractivity contribution in [2.75, 3.05) is 13.1 Å². The van der Waals surface area contributed by atoms with Crippen molar-refractivity contribution in [1.29, 1.82) is 0 Å². The molecule has 0 radical (unpaired) electrons. The number of nitrogens with one attached hydrogen (secondary N) is 1.